The first-order valence-corrected chi connectivity index (χ1v) is 5.01. The minimum atomic E-state index is 0.241. The van der Waals surface area contributed by atoms with Crippen LogP contribution in [0.3, 0.4) is 0 Å². The molecule has 0 amide bonds. The first kappa shape index (κ1) is 8.65. The predicted octanol–water partition coefficient (Wildman–Crippen LogP) is 2.24. The zero-order valence-corrected chi connectivity index (χ0v) is 8.39. The molecule has 0 aromatic carbocycles. The summed E-state index contributed by atoms with van der Waals surface area (Å²) in [7, 11) is 0. The lowest BCUT2D eigenvalue weighted by Crippen LogP contribution is -1.77. The number of aromatic nitrogens is 3. The molecule has 0 bridgehead atoms. The Balaban J connectivity index is 2.41. The van der Waals surface area contributed by atoms with Crippen LogP contribution in [-0.2, 0) is 5.88 Å². The summed E-state index contributed by atoms with van der Waals surface area (Å²) in [5.74, 6) is 1.17. The molecule has 6 heteroatoms. The molecule has 68 valence electrons. The van der Waals surface area contributed by atoms with E-state index in [0.29, 0.717) is 11.8 Å². The van der Waals surface area contributed by atoms with E-state index in [2.05, 4.69) is 15.2 Å². The Morgan fingerprint density at radius 2 is 2.38 bits per heavy atom. The van der Waals surface area contributed by atoms with Crippen LogP contribution in [0, 0.1) is 6.92 Å². The normalized spacial score (nSPS) is 10.6. The third-order valence-corrected chi connectivity index (χ3v) is 2.67. The van der Waals surface area contributed by atoms with Gasteiger partial charge in [0.2, 0.25) is 5.89 Å². The first-order valence-electron chi connectivity index (χ1n) is 3.60. The standard InChI is InChI=1S/C7H6ClN3OS/c1-4-6(13-3-9-4)7-11-10-5(2-8)12-7/h3H,2H2,1H3. The highest BCUT2D eigenvalue weighted by molar-refractivity contribution is 7.13. The van der Waals surface area contributed by atoms with Gasteiger partial charge < -0.3 is 4.42 Å². The molecule has 0 radical (unpaired) electrons. The Labute approximate surface area is 83.6 Å². The van der Waals surface area contributed by atoms with Crippen molar-refractivity contribution in [3.63, 3.8) is 0 Å². The minimum absolute atomic E-state index is 0.241. The number of thiazole rings is 1. The number of rotatable bonds is 2. The van der Waals surface area contributed by atoms with Crippen molar-refractivity contribution in [1.82, 2.24) is 15.2 Å². The number of alkyl halides is 1. The maximum absolute atomic E-state index is 5.53. The molecule has 2 aromatic heterocycles. The van der Waals surface area contributed by atoms with E-state index in [-0.39, 0.29) is 5.88 Å². The smallest absolute Gasteiger partial charge is 0.259 e. The zero-order chi connectivity index (χ0) is 9.26. The summed E-state index contributed by atoms with van der Waals surface area (Å²) in [6.45, 7) is 1.90. The van der Waals surface area contributed by atoms with Crippen molar-refractivity contribution in [1.29, 1.82) is 0 Å². The topological polar surface area (TPSA) is 51.8 Å². The second-order valence-electron chi connectivity index (χ2n) is 2.40. The van der Waals surface area contributed by atoms with Crippen LogP contribution < -0.4 is 0 Å². The van der Waals surface area contributed by atoms with Crippen LogP contribution in [0.5, 0.6) is 0 Å². The van der Waals surface area contributed by atoms with Crippen molar-refractivity contribution in [3.05, 3.63) is 17.1 Å². The Hall–Kier alpha value is -0.940. The van der Waals surface area contributed by atoms with Crippen LogP contribution in [0.4, 0.5) is 0 Å². The van der Waals surface area contributed by atoms with Gasteiger partial charge >= 0.3 is 0 Å². The summed E-state index contributed by atoms with van der Waals surface area (Å²) < 4.78 is 5.27. The predicted molar refractivity (Wildman–Crippen MR) is 49.7 cm³/mol. The van der Waals surface area contributed by atoms with Gasteiger partial charge in [0.1, 0.15) is 10.8 Å². The van der Waals surface area contributed by atoms with E-state index >= 15 is 0 Å². The fraction of sp³-hybridized carbons (Fsp3) is 0.286. The van der Waals surface area contributed by atoms with E-state index in [1.54, 1.807) is 5.51 Å². The summed E-state index contributed by atoms with van der Waals surface area (Å²) in [6, 6.07) is 0. The lowest BCUT2D eigenvalue weighted by atomic mass is 10.4. The van der Waals surface area contributed by atoms with Crippen molar-refractivity contribution in [2.75, 3.05) is 0 Å². The average Bonchev–Trinajstić information content (AvgIpc) is 2.71. The highest BCUT2D eigenvalue weighted by atomic mass is 35.5. The summed E-state index contributed by atoms with van der Waals surface area (Å²) in [5, 5.41) is 7.62. The molecular weight excluding hydrogens is 210 g/mol. The van der Waals surface area contributed by atoms with Crippen LogP contribution in [-0.4, -0.2) is 15.2 Å². The number of hydrogen-bond donors (Lipinski definition) is 0. The van der Waals surface area contributed by atoms with E-state index in [0.717, 1.165) is 10.6 Å². The van der Waals surface area contributed by atoms with Gasteiger partial charge in [0.05, 0.1) is 11.2 Å². The molecule has 0 fully saturated rings. The van der Waals surface area contributed by atoms with Gasteiger partial charge in [-0.25, -0.2) is 4.98 Å². The molecule has 0 atom stereocenters. The van der Waals surface area contributed by atoms with E-state index in [1.165, 1.54) is 11.3 Å². The lowest BCUT2D eigenvalue weighted by Gasteiger charge is -1.87. The maximum Gasteiger partial charge on any atom is 0.259 e. The van der Waals surface area contributed by atoms with Crippen LogP contribution in [0.1, 0.15) is 11.6 Å². The van der Waals surface area contributed by atoms with Gasteiger partial charge in [0, 0.05) is 0 Å². The second kappa shape index (κ2) is 3.43. The summed E-state index contributed by atoms with van der Waals surface area (Å²) in [5.41, 5.74) is 2.64. The number of aryl methyl sites for hydroxylation is 1. The molecule has 2 heterocycles. The first-order chi connectivity index (χ1) is 6.31. The largest absolute Gasteiger partial charge is 0.419 e. The van der Waals surface area contributed by atoms with Crippen molar-refractivity contribution < 1.29 is 4.42 Å². The maximum atomic E-state index is 5.53. The highest BCUT2D eigenvalue weighted by Crippen LogP contribution is 2.25. The summed E-state index contributed by atoms with van der Waals surface area (Å²) in [6.07, 6.45) is 0. The molecule has 0 N–H and O–H groups in total. The SMILES string of the molecule is Cc1ncsc1-c1nnc(CCl)o1. The van der Waals surface area contributed by atoms with Gasteiger partial charge in [0.15, 0.2) is 0 Å². The van der Waals surface area contributed by atoms with E-state index in [9.17, 15) is 0 Å². The molecule has 0 spiro atoms. The molecule has 0 saturated heterocycles. The lowest BCUT2D eigenvalue weighted by molar-refractivity contribution is 0.528. The minimum Gasteiger partial charge on any atom is -0.419 e. The van der Waals surface area contributed by atoms with Crippen molar-refractivity contribution in [2.45, 2.75) is 12.8 Å². The molecule has 0 aliphatic rings. The Kier molecular flexibility index (Phi) is 2.28. The molecule has 2 rings (SSSR count). The Morgan fingerprint density at radius 3 is 2.92 bits per heavy atom. The zero-order valence-electron chi connectivity index (χ0n) is 6.82. The number of hydrogen-bond acceptors (Lipinski definition) is 5. The van der Waals surface area contributed by atoms with E-state index in [4.69, 9.17) is 16.0 Å². The van der Waals surface area contributed by atoms with Crippen molar-refractivity contribution >= 4 is 22.9 Å². The van der Waals surface area contributed by atoms with Crippen LogP contribution in [0.15, 0.2) is 9.93 Å². The molecule has 0 saturated carbocycles. The summed E-state index contributed by atoms with van der Waals surface area (Å²) in [4.78, 5) is 4.99. The van der Waals surface area contributed by atoms with Crippen LogP contribution in [0.25, 0.3) is 10.8 Å². The van der Waals surface area contributed by atoms with E-state index in [1.807, 2.05) is 6.92 Å². The van der Waals surface area contributed by atoms with Gasteiger partial charge in [-0.2, -0.15) is 0 Å². The van der Waals surface area contributed by atoms with E-state index < -0.39 is 0 Å². The molecule has 0 aliphatic carbocycles. The molecule has 0 unspecified atom stereocenters. The van der Waals surface area contributed by atoms with Gasteiger partial charge in [-0.3, -0.25) is 0 Å². The quantitative estimate of drug-likeness (QED) is 0.721. The fourth-order valence-corrected chi connectivity index (χ4v) is 1.74. The second-order valence-corrected chi connectivity index (χ2v) is 3.52. The number of halogens is 1. The van der Waals surface area contributed by atoms with Gasteiger partial charge in [-0.15, -0.1) is 33.1 Å². The average molecular weight is 216 g/mol. The third kappa shape index (κ3) is 1.57. The van der Waals surface area contributed by atoms with Crippen LogP contribution in [0.2, 0.25) is 0 Å². The third-order valence-electron chi connectivity index (χ3n) is 1.52. The van der Waals surface area contributed by atoms with Gasteiger partial charge in [-0.05, 0) is 6.92 Å². The fourth-order valence-electron chi connectivity index (χ4n) is 0.907. The molecule has 4 nitrogen and oxygen atoms in total. The van der Waals surface area contributed by atoms with Crippen molar-refractivity contribution in [3.8, 4) is 10.8 Å². The van der Waals surface area contributed by atoms with Crippen LogP contribution >= 0.6 is 22.9 Å². The van der Waals surface area contributed by atoms with Gasteiger partial charge in [0.25, 0.3) is 5.89 Å². The van der Waals surface area contributed by atoms with Crippen molar-refractivity contribution in [2.24, 2.45) is 0 Å². The van der Waals surface area contributed by atoms with Gasteiger partial charge in [-0.1, -0.05) is 0 Å². The molecular formula is C7H6ClN3OS. The molecule has 13 heavy (non-hydrogen) atoms. The Bertz CT molecular complexity index is 411. The number of nitrogens with zero attached hydrogens (tertiary/aromatic N) is 3. The summed E-state index contributed by atoms with van der Waals surface area (Å²) >= 11 is 7.01. The highest BCUT2D eigenvalue weighted by Gasteiger charge is 2.11. The Morgan fingerprint density at radius 1 is 1.54 bits per heavy atom. The molecule has 0 aliphatic heterocycles. The molecule has 2 aromatic rings. The monoisotopic (exact) mass is 215 g/mol.